The fourth-order valence-electron chi connectivity index (χ4n) is 5.28. The number of aromatic amines is 1. The van der Waals surface area contributed by atoms with E-state index in [-0.39, 0.29) is 0 Å². The summed E-state index contributed by atoms with van der Waals surface area (Å²) in [6.45, 7) is 14.5. The summed E-state index contributed by atoms with van der Waals surface area (Å²) >= 11 is 3.75. The molecule has 6 nitrogen and oxygen atoms in total. The fourth-order valence-corrected chi connectivity index (χ4v) is 5.80. The highest BCUT2D eigenvalue weighted by Gasteiger charge is 2.27. The molecule has 2 fully saturated rings. The molecule has 2 saturated heterocycles. The van der Waals surface area contributed by atoms with Crippen molar-refractivity contribution in [3.8, 4) is 0 Å². The van der Waals surface area contributed by atoms with Crippen LogP contribution in [0.3, 0.4) is 0 Å². The van der Waals surface area contributed by atoms with E-state index < -0.39 is 0 Å². The molecule has 4 rings (SSSR count). The van der Waals surface area contributed by atoms with Crippen molar-refractivity contribution in [3.05, 3.63) is 58.2 Å². The van der Waals surface area contributed by atoms with Crippen molar-refractivity contribution in [2.24, 2.45) is 5.92 Å². The molecule has 190 valence electrons. The Labute approximate surface area is 219 Å². The molecule has 0 aliphatic carbocycles. The molecule has 2 aliphatic rings. The lowest BCUT2D eigenvalue weighted by Crippen LogP contribution is -2.47. The van der Waals surface area contributed by atoms with Gasteiger partial charge in [0.05, 0.1) is 15.9 Å². The number of aromatic nitrogens is 2. The summed E-state index contributed by atoms with van der Waals surface area (Å²) < 4.78 is 0.905. The van der Waals surface area contributed by atoms with Gasteiger partial charge in [-0.1, -0.05) is 43.8 Å². The van der Waals surface area contributed by atoms with Gasteiger partial charge in [-0.2, -0.15) is 5.10 Å². The average molecular weight is 542 g/mol. The maximum Gasteiger partial charge on any atom is 0.167 e. The predicted molar refractivity (Wildman–Crippen MR) is 151 cm³/mol. The Morgan fingerprint density at radius 2 is 1.89 bits per heavy atom. The average Bonchev–Trinajstić information content (AvgIpc) is 3.23. The summed E-state index contributed by atoms with van der Waals surface area (Å²) in [4.78, 5) is 5.19. The van der Waals surface area contributed by atoms with Gasteiger partial charge in [0, 0.05) is 23.8 Å². The molecule has 2 aliphatic heterocycles. The Hall–Kier alpha value is -2.09. The van der Waals surface area contributed by atoms with Gasteiger partial charge in [0.15, 0.2) is 5.82 Å². The van der Waals surface area contributed by atoms with Crippen LogP contribution in [-0.2, 0) is 0 Å². The zero-order valence-corrected chi connectivity index (χ0v) is 23.1. The number of anilines is 1. The molecule has 2 aromatic rings. The second-order valence-electron chi connectivity index (χ2n) is 10.1. The minimum atomic E-state index is 0.689. The molecule has 0 bridgehead atoms. The maximum atomic E-state index is 4.54. The summed E-state index contributed by atoms with van der Waals surface area (Å²) in [6.07, 6.45) is 8.29. The summed E-state index contributed by atoms with van der Waals surface area (Å²) in [5, 5.41) is 14.8. The topological polar surface area (TPSA) is 59.2 Å². The van der Waals surface area contributed by atoms with Gasteiger partial charge in [0.2, 0.25) is 0 Å². The Bertz CT molecular complexity index is 1010. The monoisotopic (exact) mass is 540 g/mol. The molecule has 7 heteroatoms. The highest BCUT2D eigenvalue weighted by Crippen LogP contribution is 2.31. The largest absolute Gasteiger partial charge is 0.383 e. The highest BCUT2D eigenvalue weighted by atomic mass is 79.9. The van der Waals surface area contributed by atoms with Crippen LogP contribution >= 0.6 is 15.9 Å². The van der Waals surface area contributed by atoms with E-state index in [1.165, 1.54) is 63.0 Å². The van der Waals surface area contributed by atoms with Gasteiger partial charge in [-0.25, -0.2) is 0 Å². The van der Waals surface area contributed by atoms with Crippen LogP contribution in [-0.4, -0.2) is 65.8 Å². The van der Waals surface area contributed by atoms with Crippen LogP contribution in [0.4, 0.5) is 5.82 Å². The van der Waals surface area contributed by atoms with E-state index >= 15 is 0 Å². The Kier molecular flexibility index (Phi) is 9.09. The second kappa shape index (κ2) is 12.2. The molecule has 0 saturated carbocycles. The van der Waals surface area contributed by atoms with Gasteiger partial charge in [-0.05, 0) is 99.7 Å². The van der Waals surface area contributed by atoms with E-state index in [1.54, 1.807) is 0 Å². The Morgan fingerprint density at radius 3 is 2.57 bits per heavy atom. The van der Waals surface area contributed by atoms with Crippen molar-refractivity contribution in [1.82, 2.24) is 25.3 Å². The predicted octanol–water partition coefficient (Wildman–Crippen LogP) is 5.71. The number of nitrogens with zero attached hydrogens (tertiary/aromatic N) is 3. The van der Waals surface area contributed by atoms with Crippen molar-refractivity contribution in [2.45, 2.75) is 52.0 Å². The first-order valence-corrected chi connectivity index (χ1v) is 13.9. The van der Waals surface area contributed by atoms with Crippen LogP contribution in [0.2, 0.25) is 0 Å². The molecule has 0 atom stereocenters. The number of H-pyrrole nitrogens is 1. The van der Waals surface area contributed by atoms with E-state index in [2.05, 4.69) is 104 Å². The molecular weight excluding hydrogens is 500 g/mol. The van der Waals surface area contributed by atoms with E-state index in [1.807, 2.05) is 0 Å². The second-order valence-corrected chi connectivity index (χ2v) is 10.9. The van der Waals surface area contributed by atoms with E-state index in [4.69, 9.17) is 0 Å². The number of piperidine rings is 2. The van der Waals surface area contributed by atoms with Gasteiger partial charge < -0.3 is 20.4 Å². The van der Waals surface area contributed by atoms with Crippen molar-refractivity contribution in [3.63, 3.8) is 0 Å². The number of benzene rings is 1. The van der Waals surface area contributed by atoms with Gasteiger partial charge in [0.1, 0.15) is 0 Å². The Balaban J connectivity index is 1.30. The third-order valence-electron chi connectivity index (χ3n) is 7.56. The summed E-state index contributed by atoms with van der Waals surface area (Å²) in [6, 6.07) is 9.20. The van der Waals surface area contributed by atoms with Crippen molar-refractivity contribution < 1.29 is 0 Å². The van der Waals surface area contributed by atoms with Crippen molar-refractivity contribution >= 4 is 33.1 Å². The zero-order valence-electron chi connectivity index (χ0n) is 21.5. The van der Waals surface area contributed by atoms with Crippen LogP contribution in [0.5, 0.6) is 0 Å². The summed E-state index contributed by atoms with van der Waals surface area (Å²) in [5.41, 5.74) is 5.28. The Morgan fingerprint density at radius 1 is 1.17 bits per heavy atom. The first-order chi connectivity index (χ1) is 17.0. The molecular formula is C28H41BrN6. The van der Waals surface area contributed by atoms with Crippen LogP contribution in [0.1, 0.15) is 55.8 Å². The minimum Gasteiger partial charge on any atom is -0.383 e. The van der Waals surface area contributed by atoms with Gasteiger partial charge in [0.25, 0.3) is 0 Å². The van der Waals surface area contributed by atoms with Gasteiger partial charge in [-0.15, -0.1) is 0 Å². The zero-order chi connectivity index (χ0) is 24.8. The first kappa shape index (κ1) is 26.0. The lowest BCUT2D eigenvalue weighted by atomic mass is 9.93. The standard InChI is InChI=1S/C28H41BrN6/c1-5-8-25(24-10-7-6-9-20(24)2)31-28-26(29)27(32-33-28)21(3)30-19-22-11-17-35(18-12-22)23-13-15-34(4)16-14-23/h6-10,22-23,30H,3,5,11-19H2,1-2,4H3,(H2,31,32,33). The quantitative estimate of drug-likeness (QED) is 0.380. The molecule has 1 aromatic heterocycles. The van der Waals surface area contributed by atoms with Crippen molar-refractivity contribution in [2.75, 3.05) is 45.1 Å². The number of aryl methyl sites for hydroxylation is 1. The lowest BCUT2D eigenvalue weighted by molar-refractivity contribution is 0.0861. The van der Waals surface area contributed by atoms with E-state index in [0.717, 1.165) is 46.4 Å². The van der Waals surface area contributed by atoms with Crippen molar-refractivity contribution in [1.29, 1.82) is 0 Å². The molecule has 0 unspecified atom stereocenters. The number of allylic oxidation sites excluding steroid dienone is 1. The number of nitrogens with one attached hydrogen (secondary N) is 3. The molecule has 0 spiro atoms. The number of likely N-dealkylation sites (tertiary alicyclic amines) is 2. The van der Waals surface area contributed by atoms with E-state index in [9.17, 15) is 0 Å². The third-order valence-corrected chi connectivity index (χ3v) is 8.34. The summed E-state index contributed by atoms with van der Waals surface area (Å²) in [5.74, 6) is 1.46. The molecule has 1 aromatic carbocycles. The maximum absolute atomic E-state index is 4.54. The number of halogens is 1. The molecule has 0 amide bonds. The number of hydrogen-bond acceptors (Lipinski definition) is 5. The van der Waals surface area contributed by atoms with Crippen LogP contribution in [0, 0.1) is 12.8 Å². The van der Waals surface area contributed by atoms with Crippen LogP contribution in [0.15, 0.2) is 41.4 Å². The van der Waals surface area contributed by atoms with Crippen LogP contribution in [0.25, 0.3) is 11.4 Å². The molecule has 3 N–H and O–H groups in total. The van der Waals surface area contributed by atoms with Gasteiger partial charge >= 0.3 is 0 Å². The SMILES string of the molecule is C=C(NCC1CCN(C2CCN(C)CC2)CC1)c1[nH]nc(NC(=CCC)c2ccccc2C)c1Br. The number of hydrogen-bond donors (Lipinski definition) is 3. The highest BCUT2D eigenvalue weighted by molar-refractivity contribution is 9.10. The van der Waals surface area contributed by atoms with Gasteiger partial charge in [-0.3, -0.25) is 5.10 Å². The smallest absolute Gasteiger partial charge is 0.167 e. The number of rotatable bonds is 9. The normalized spacial score (nSPS) is 19.1. The fraction of sp³-hybridized carbons (Fsp3) is 0.536. The molecule has 0 radical (unpaired) electrons. The van der Waals surface area contributed by atoms with E-state index in [0.29, 0.717) is 5.92 Å². The molecule has 3 heterocycles. The first-order valence-electron chi connectivity index (χ1n) is 13.1. The minimum absolute atomic E-state index is 0.689. The lowest BCUT2D eigenvalue weighted by Gasteiger charge is -2.41. The summed E-state index contributed by atoms with van der Waals surface area (Å²) in [7, 11) is 2.24. The molecule has 35 heavy (non-hydrogen) atoms. The van der Waals surface area contributed by atoms with Crippen LogP contribution < -0.4 is 10.6 Å². The third kappa shape index (κ3) is 6.57.